The number of esters is 1. The van der Waals surface area contributed by atoms with E-state index in [4.69, 9.17) is 10.5 Å². The highest BCUT2D eigenvalue weighted by Gasteiger charge is 2.28. The topological polar surface area (TPSA) is 52.3 Å². The minimum atomic E-state index is -0.583. The predicted molar refractivity (Wildman–Crippen MR) is 72.2 cm³/mol. The fourth-order valence-electron chi connectivity index (χ4n) is 2.54. The van der Waals surface area contributed by atoms with E-state index in [2.05, 4.69) is 13.8 Å². The average molecular weight is 265 g/mol. The van der Waals surface area contributed by atoms with Crippen LogP contribution in [0.2, 0.25) is 0 Å². The van der Waals surface area contributed by atoms with Crippen LogP contribution in [0.4, 0.5) is 10.1 Å². The van der Waals surface area contributed by atoms with E-state index in [-0.39, 0.29) is 17.4 Å². The lowest BCUT2D eigenvalue weighted by Gasteiger charge is -2.31. The van der Waals surface area contributed by atoms with Gasteiger partial charge in [0.25, 0.3) is 0 Å². The largest absolute Gasteiger partial charge is 0.459 e. The molecule has 3 nitrogen and oxygen atoms in total. The number of ether oxygens (including phenoxy) is 1. The quantitative estimate of drug-likeness (QED) is 0.658. The van der Waals surface area contributed by atoms with E-state index in [0.29, 0.717) is 11.8 Å². The van der Waals surface area contributed by atoms with Crippen molar-refractivity contribution in [1.29, 1.82) is 0 Å². The van der Waals surface area contributed by atoms with Crippen LogP contribution in [-0.2, 0) is 4.74 Å². The van der Waals surface area contributed by atoms with Crippen LogP contribution < -0.4 is 5.73 Å². The van der Waals surface area contributed by atoms with E-state index < -0.39 is 11.8 Å². The highest BCUT2D eigenvalue weighted by molar-refractivity contribution is 5.95. The molecular formula is C15H20FNO2. The Labute approximate surface area is 112 Å². The van der Waals surface area contributed by atoms with E-state index in [1.807, 2.05) is 0 Å². The molecule has 4 heteroatoms. The number of nitrogen functional groups attached to an aromatic ring is 1. The molecule has 0 aromatic heterocycles. The normalized spacial score (nSPS) is 27.0. The van der Waals surface area contributed by atoms with Crippen LogP contribution in [0, 0.1) is 17.7 Å². The number of nitrogens with two attached hydrogens (primary N) is 1. The first-order valence-electron chi connectivity index (χ1n) is 6.74. The summed E-state index contributed by atoms with van der Waals surface area (Å²) in [6.07, 6.45) is 2.70. The van der Waals surface area contributed by atoms with Crippen molar-refractivity contribution < 1.29 is 13.9 Å². The molecule has 0 heterocycles. The Hall–Kier alpha value is -1.58. The van der Waals surface area contributed by atoms with Crippen molar-refractivity contribution in [2.45, 2.75) is 39.2 Å². The molecule has 104 valence electrons. The van der Waals surface area contributed by atoms with E-state index in [0.717, 1.165) is 19.3 Å². The van der Waals surface area contributed by atoms with E-state index >= 15 is 0 Å². The Balaban J connectivity index is 2.03. The van der Waals surface area contributed by atoms with Crippen molar-refractivity contribution in [2.75, 3.05) is 5.73 Å². The maximum Gasteiger partial charge on any atom is 0.340 e. The van der Waals surface area contributed by atoms with Crippen molar-refractivity contribution in [3.63, 3.8) is 0 Å². The summed E-state index contributed by atoms with van der Waals surface area (Å²) in [7, 11) is 0. The summed E-state index contributed by atoms with van der Waals surface area (Å²) in [5.74, 6) is 0.0921. The van der Waals surface area contributed by atoms with Gasteiger partial charge in [-0.15, -0.1) is 0 Å². The van der Waals surface area contributed by atoms with Gasteiger partial charge in [0.15, 0.2) is 0 Å². The van der Waals surface area contributed by atoms with Crippen molar-refractivity contribution in [1.82, 2.24) is 0 Å². The van der Waals surface area contributed by atoms with Gasteiger partial charge in [-0.25, -0.2) is 9.18 Å². The van der Waals surface area contributed by atoms with Crippen molar-refractivity contribution in [3.8, 4) is 0 Å². The summed E-state index contributed by atoms with van der Waals surface area (Å²) < 4.78 is 18.7. The van der Waals surface area contributed by atoms with Gasteiger partial charge in [-0.3, -0.25) is 0 Å². The minimum Gasteiger partial charge on any atom is -0.459 e. The Kier molecular flexibility index (Phi) is 4.08. The van der Waals surface area contributed by atoms with Crippen LogP contribution in [0.5, 0.6) is 0 Å². The van der Waals surface area contributed by atoms with Gasteiger partial charge in [-0.1, -0.05) is 19.9 Å². The van der Waals surface area contributed by atoms with Gasteiger partial charge in [0.1, 0.15) is 11.9 Å². The lowest BCUT2D eigenvalue weighted by molar-refractivity contribution is 0.00886. The van der Waals surface area contributed by atoms with Gasteiger partial charge in [0.05, 0.1) is 11.3 Å². The molecule has 0 saturated heterocycles. The summed E-state index contributed by atoms with van der Waals surface area (Å²) in [4.78, 5) is 12.0. The van der Waals surface area contributed by atoms with Crippen molar-refractivity contribution >= 4 is 11.7 Å². The lowest BCUT2D eigenvalue weighted by atomic mass is 9.80. The van der Waals surface area contributed by atoms with Gasteiger partial charge < -0.3 is 10.5 Å². The molecule has 0 aliphatic heterocycles. The van der Waals surface area contributed by atoms with Gasteiger partial charge in [-0.05, 0) is 43.2 Å². The highest BCUT2D eigenvalue weighted by atomic mass is 19.1. The molecular weight excluding hydrogens is 245 g/mol. The molecule has 1 aliphatic rings. The maximum atomic E-state index is 13.3. The molecule has 1 fully saturated rings. The molecule has 0 radical (unpaired) electrons. The molecule has 1 saturated carbocycles. The second-order valence-electron chi connectivity index (χ2n) is 5.50. The second kappa shape index (κ2) is 5.59. The number of para-hydroxylation sites is 1. The third kappa shape index (κ3) is 3.06. The summed E-state index contributed by atoms with van der Waals surface area (Å²) >= 11 is 0. The second-order valence-corrected chi connectivity index (χ2v) is 5.50. The number of carbonyl (C=O) groups is 1. The molecule has 2 N–H and O–H groups in total. The number of hydrogen-bond donors (Lipinski definition) is 1. The number of rotatable bonds is 2. The van der Waals surface area contributed by atoms with Crippen LogP contribution >= 0.6 is 0 Å². The van der Waals surface area contributed by atoms with E-state index in [1.165, 1.54) is 18.2 Å². The third-order valence-corrected chi connectivity index (χ3v) is 4.10. The van der Waals surface area contributed by atoms with Crippen LogP contribution in [-0.4, -0.2) is 12.1 Å². The fourth-order valence-corrected chi connectivity index (χ4v) is 2.54. The van der Waals surface area contributed by atoms with Crippen LogP contribution in [0.25, 0.3) is 0 Å². The van der Waals surface area contributed by atoms with E-state index in [1.54, 1.807) is 0 Å². The van der Waals surface area contributed by atoms with Crippen LogP contribution in [0.3, 0.4) is 0 Å². The molecule has 3 atom stereocenters. The number of hydrogen-bond acceptors (Lipinski definition) is 3. The SMILES string of the molecule is CC1CCC(OC(=O)c2cccc(F)c2N)CC1C. The molecule has 3 unspecified atom stereocenters. The Bertz CT molecular complexity index is 475. The Morgan fingerprint density at radius 1 is 1.32 bits per heavy atom. The predicted octanol–water partition coefficient (Wildman–Crippen LogP) is 3.39. The summed E-state index contributed by atoms with van der Waals surface area (Å²) in [6, 6.07) is 4.19. The Morgan fingerprint density at radius 3 is 2.74 bits per heavy atom. The number of halogens is 1. The van der Waals surface area contributed by atoms with E-state index in [9.17, 15) is 9.18 Å². The first-order chi connectivity index (χ1) is 8.99. The maximum absolute atomic E-state index is 13.3. The standard InChI is InChI=1S/C15H20FNO2/c1-9-6-7-11(8-10(9)2)19-15(18)12-4-3-5-13(16)14(12)17/h3-5,9-11H,6-8,17H2,1-2H3. The molecule has 2 rings (SSSR count). The average Bonchev–Trinajstić information content (AvgIpc) is 2.37. The van der Waals surface area contributed by atoms with Gasteiger partial charge in [0.2, 0.25) is 0 Å². The first kappa shape index (κ1) is 13.8. The van der Waals surface area contributed by atoms with Crippen molar-refractivity contribution in [3.05, 3.63) is 29.6 Å². The van der Waals surface area contributed by atoms with Gasteiger partial charge >= 0.3 is 5.97 Å². The van der Waals surface area contributed by atoms with Crippen LogP contribution in [0.1, 0.15) is 43.5 Å². The number of anilines is 1. The molecule has 1 aromatic carbocycles. The Morgan fingerprint density at radius 2 is 2.05 bits per heavy atom. The van der Waals surface area contributed by atoms with Crippen molar-refractivity contribution in [2.24, 2.45) is 11.8 Å². The fraction of sp³-hybridized carbons (Fsp3) is 0.533. The van der Waals surface area contributed by atoms with Gasteiger partial charge in [-0.2, -0.15) is 0 Å². The molecule has 0 amide bonds. The zero-order chi connectivity index (χ0) is 14.0. The van der Waals surface area contributed by atoms with Crippen LogP contribution in [0.15, 0.2) is 18.2 Å². The number of carbonyl (C=O) groups excluding carboxylic acids is 1. The molecule has 1 aliphatic carbocycles. The molecule has 19 heavy (non-hydrogen) atoms. The summed E-state index contributed by atoms with van der Waals surface area (Å²) in [5, 5.41) is 0. The zero-order valence-electron chi connectivity index (χ0n) is 11.4. The minimum absolute atomic E-state index is 0.0821. The third-order valence-electron chi connectivity index (χ3n) is 4.10. The molecule has 0 spiro atoms. The summed E-state index contributed by atoms with van der Waals surface area (Å²) in [6.45, 7) is 4.38. The number of benzene rings is 1. The first-order valence-corrected chi connectivity index (χ1v) is 6.74. The van der Waals surface area contributed by atoms with Gasteiger partial charge in [0, 0.05) is 0 Å². The highest BCUT2D eigenvalue weighted by Crippen LogP contribution is 2.31. The summed E-state index contributed by atoms with van der Waals surface area (Å²) in [5.41, 5.74) is 5.54. The zero-order valence-corrected chi connectivity index (χ0v) is 11.4. The monoisotopic (exact) mass is 265 g/mol. The lowest BCUT2D eigenvalue weighted by Crippen LogP contribution is -2.29. The molecule has 0 bridgehead atoms. The smallest absolute Gasteiger partial charge is 0.340 e. The molecule has 1 aromatic rings.